The highest BCUT2D eigenvalue weighted by Crippen LogP contribution is 2.24. The van der Waals surface area contributed by atoms with Crippen LogP contribution >= 0.6 is 27.3 Å². The van der Waals surface area contributed by atoms with Crippen LogP contribution in [0.3, 0.4) is 0 Å². The van der Waals surface area contributed by atoms with E-state index in [0.717, 1.165) is 20.7 Å². The van der Waals surface area contributed by atoms with E-state index in [2.05, 4.69) is 26.3 Å². The molecule has 0 amide bonds. The van der Waals surface area contributed by atoms with Gasteiger partial charge in [-0.25, -0.2) is 10.8 Å². The molecule has 0 saturated heterocycles. The zero-order chi connectivity index (χ0) is 12.3. The number of nitrogens with zero attached hydrogens (tertiary/aromatic N) is 1. The van der Waals surface area contributed by atoms with E-state index in [4.69, 9.17) is 10.6 Å². The fourth-order valence-corrected chi connectivity index (χ4v) is 2.48. The molecule has 4 nitrogen and oxygen atoms in total. The van der Waals surface area contributed by atoms with Gasteiger partial charge in [-0.15, -0.1) is 0 Å². The van der Waals surface area contributed by atoms with Gasteiger partial charge in [0.15, 0.2) is 5.13 Å². The lowest BCUT2D eigenvalue weighted by Gasteiger charge is -2.07. The largest absolute Gasteiger partial charge is 0.488 e. The molecular weight excluding hydrogens is 302 g/mol. The molecule has 0 spiro atoms. The molecule has 90 valence electrons. The number of hydrazine groups is 1. The summed E-state index contributed by atoms with van der Waals surface area (Å²) in [5, 5.41) is 0.691. The lowest BCUT2D eigenvalue weighted by molar-refractivity contribution is 0.307. The molecular formula is C11H12BrN3OS. The number of aryl methyl sites for hydroxylation is 1. The molecule has 0 aliphatic rings. The number of rotatable bonds is 4. The summed E-state index contributed by atoms with van der Waals surface area (Å²) in [7, 11) is 0. The Bertz CT molecular complexity index is 515. The standard InChI is InChI=1S/C11H12BrN3OS/c1-7-4-8(12)2-3-10(7)16-6-9-5-14-11(15-13)17-9/h2-5H,6,13H2,1H3,(H,14,15). The molecule has 1 heterocycles. The number of aromatic nitrogens is 1. The van der Waals surface area contributed by atoms with Gasteiger partial charge in [0.25, 0.3) is 0 Å². The third-order valence-electron chi connectivity index (χ3n) is 2.18. The number of ether oxygens (including phenoxy) is 1. The highest BCUT2D eigenvalue weighted by molar-refractivity contribution is 9.10. The summed E-state index contributed by atoms with van der Waals surface area (Å²) in [5.74, 6) is 6.14. The van der Waals surface area contributed by atoms with Gasteiger partial charge in [0.05, 0.1) is 4.88 Å². The first-order valence-electron chi connectivity index (χ1n) is 4.99. The van der Waals surface area contributed by atoms with E-state index in [0.29, 0.717) is 11.7 Å². The van der Waals surface area contributed by atoms with Gasteiger partial charge in [-0.3, -0.25) is 5.43 Å². The van der Waals surface area contributed by atoms with E-state index in [1.165, 1.54) is 11.3 Å². The van der Waals surface area contributed by atoms with Gasteiger partial charge < -0.3 is 4.74 Å². The molecule has 0 aliphatic carbocycles. The fourth-order valence-electron chi connectivity index (χ4n) is 1.36. The first-order valence-corrected chi connectivity index (χ1v) is 6.60. The van der Waals surface area contributed by atoms with E-state index in [1.54, 1.807) is 6.20 Å². The number of nitrogens with two attached hydrogens (primary N) is 1. The first-order chi connectivity index (χ1) is 8.19. The highest BCUT2D eigenvalue weighted by Gasteiger charge is 2.04. The van der Waals surface area contributed by atoms with Gasteiger partial charge >= 0.3 is 0 Å². The van der Waals surface area contributed by atoms with Crippen molar-refractivity contribution in [2.45, 2.75) is 13.5 Å². The van der Waals surface area contributed by atoms with Crippen molar-refractivity contribution in [2.24, 2.45) is 5.84 Å². The van der Waals surface area contributed by atoms with Gasteiger partial charge in [0, 0.05) is 10.7 Å². The van der Waals surface area contributed by atoms with E-state index in [9.17, 15) is 0 Å². The third kappa shape index (κ3) is 3.18. The van der Waals surface area contributed by atoms with Crippen LogP contribution in [-0.4, -0.2) is 4.98 Å². The van der Waals surface area contributed by atoms with Crippen molar-refractivity contribution in [3.63, 3.8) is 0 Å². The fraction of sp³-hybridized carbons (Fsp3) is 0.182. The Hall–Kier alpha value is -1.11. The number of anilines is 1. The van der Waals surface area contributed by atoms with Crippen molar-refractivity contribution in [2.75, 3.05) is 5.43 Å². The molecule has 1 aromatic heterocycles. The predicted octanol–water partition coefficient (Wildman–Crippen LogP) is 3.08. The van der Waals surface area contributed by atoms with E-state index in [1.807, 2.05) is 25.1 Å². The zero-order valence-electron chi connectivity index (χ0n) is 9.24. The lowest BCUT2D eigenvalue weighted by Crippen LogP contribution is -2.05. The van der Waals surface area contributed by atoms with Crippen molar-refractivity contribution in [3.8, 4) is 5.75 Å². The number of hydrogen-bond donors (Lipinski definition) is 2. The van der Waals surface area contributed by atoms with Crippen molar-refractivity contribution in [1.82, 2.24) is 4.98 Å². The average molecular weight is 314 g/mol. The second-order valence-corrected chi connectivity index (χ2v) is 5.51. The second kappa shape index (κ2) is 5.48. The Balaban J connectivity index is 2.02. The van der Waals surface area contributed by atoms with Crippen LogP contribution in [0.1, 0.15) is 10.4 Å². The Labute approximate surface area is 112 Å². The molecule has 0 atom stereocenters. The molecule has 2 aromatic rings. The van der Waals surface area contributed by atoms with Crippen LogP contribution in [0.5, 0.6) is 5.75 Å². The normalized spacial score (nSPS) is 10.3. The summed E-state index contributed by atoms with van der Waals surface area (Å²) in [5.41, 5.74) is 3.61. The Morgan fingerprint density at radius 1 is 1.53 bits per heavy atom. The molecule has 0 saturated carbocycles. The molecule has 2 rings (SSSR count). The molecule has 1 aromatic carbocycles. The smallest absolute Gasteiger partial charge is 0.197 e. The minimum absolute atomic E-state index is 0.502. The zero-order valence-corrected chi connectivity index (χ0v) is 11.6. The number of nitrogens with one attached hydrogen (secondary N) is 1. The summed E-state index contributed by atoms with van der Waals surface area (Å²) in [4.78, 5) is 5.11. The molecule has 6 heteroatoms. The minimum atomic E-state index is 0.502. The van der Waals surface area contributed by atoms with Gasteiger partial charge in [-0.05, 0) is 30.7 Å². The SMILES string of the molecule is Cc1cc(Br)ccc1OCc1cnc(NN)s1. The Morgan fingerprint density at radius 2 is 2.35 bits per heavy atom. The van der Waals surface area contributed by atoms with Crippen molar-refractivity contribution in [3.05, 3.63) is 39.3 Å². The summed E-state index contributed by atoms with van der Waals surface area (Å²) < 4.78 is 6.77. The van der Waals surface area contributed by atoms with Crippen LogP contribution in [0.4, 0.5) is 5.13 Å². The van der Waals surface area contributed by atoms with Gasteiger partial charge in [-0.1, -0.05) is 27.3 Å². The number of hydrogen-bond acceptors (Lipinski definition) is 5. The molecule has 3 N–H and O–H groups in total. The van der Waals surface area contributed by atoms with E-state index >= 15 is 0 Å². The van der Waals surface area contributed by atoms with Crippen LogP contribution in [0.15, 0.2) is 28.9 Å². The number of thiazole rings is 1. The van der Waals surface area contributed by atoms with Crippen LogP contribution in [0, 0.1) is 6.92 Å². The number of benzene rings is 1. The summed E-state index contributed by atoms with van der Waals surface area (Å²) in [6.45, 7) is 2.52. The van der Waals surface area contributed by atoms with Gasteiger partial charge in [0.1, 0.15) is 12.4 Å². The average Bonchev–Trinajstić information content (AvgIpc) is 2.76. The van der Waals surface area contributed by atoms with Crippen molar-refractivity contribution in [1.29, 1.82) is 0 Å². The molecule has 0 fully saturated rings. The maximum Gasteiger partial charge on any atom is 0.197 e. The maximum absolute atomic E-state index is 5.72. The molecule has 0 unspecified atom stereocenters. The topological polar surface area (TPSA) is 60.2 Å². The quantitative estimate of drug-likeness (QED) is 0.672. The highest BCUT2D eigenvalue weighted by atomic mass is 79.9. The third-order valence-corrected chi connectivity index (χ3v) is 3.58. The Kier molecular flexibility index (Phi) is 3.98. The molecule has 0 radical (unpaired) electrons. The summed E-state index contributed by atoms with van der Waals surface area (Å²) in [6.07, 6.45) is 1.76. The number of halogens is 1. The summed E-state index contributed by atoms with van der Waals surface area (Å²) >= 11 is 4.90. The summed E-state index contributed by atoms with van der Waals surface area (Å²) in [6, 6.07) is 5.93. The van der Waals surface area contributed by atoms with Crippen LogP contribution in [0.25, 0.3) is 0 Å². The van der Waals surface area contributed by atoms with Crippen LogP contribution in [0.2, 0.25) is 0 Å². The van der Waals surface area contributed by atoms with Crippen LogP contribution in [-0.2, 0) is 6.61 Å². The van der Waals surface area contributed by atoms with Crippen LogP contribution < -0.4 is 16.0 Å². The second-order valence-electron chi connectivity index (χ2n) is 3.47. The number of nitrogen functional groups attached to an aromatic ring is 1. The molecule has 0 bridgehead atoms. The van der Waals surface area contributed by atoms with E-state index < -0.39 is 0 Å². The van der Waals surface area contributed by atoms with Gasteiger partial charge in [-0.2, -0.15) is 0 Å². The molecule has 0 aliphatic heterocycles. The first kappa shape index (κ1) is 12.3. The maximum atomic E-state index is 5.72. The van der Waals surface area contributed by atoms with Crippen molar-refractivity contribution < 1.29 is 4.74 Å². The minimum Gasteiger partial charge on any atom is -0.488 e. The Morgan fingerprint density at radius 3 is 3.00 bits per heavy atom. The van der Waals surface area contributed by atoms with E-state index in [-0.39, 0.29) is 0 Å². The van der Waals surface area contributed by atoms with Gasteiger partial charge in [0.2, 0.25) is 0 Å². The lowest BCUT2D eigenvalue weighted by atomic mass is 10.2. The molecule has 17 heavy (non-hydrogen) atoms. The monoisotopic (exact) mass is 313 g/mol. The predicted molar refractivity (Wildman–Crippen MR) is 73.1 cm³/mol. The van der Waals surface area contributed by atoms with Crippen molar-refractivity contribution >= 4 is 32.4 Å².